The van der Waals surface area contributed by atoms with Crippen molar-refractivity contribution in [1.82, 2.24) is 5.32 Å². The van der Waals surface area contributed by atoms with Crippen LogP contribution in [-0.2, 0) is 6.42 Å². The largest absolute Gasteiger partial charge is 0.492 e. The fourth-order valence-electron chi connectivity index (χ4n) is 1.87. The summed E-state index contributed by atoms with van der Waals surface area (Å²) in [6.07, 6.45) is 0.986. The van der Waals surface area contributed by atoms with Crippen molar-refractivity contribution in [3.63, 3.8) is 0 Å². The number of rotatable bonds is 6. The van der Waals surface area contributed by atoms with Gasteiger partial charge in [-0.1, -0.05) is 31.5 Å². The number of hydrogen-bond acceptors (Lipinski definition) is 2. The average Bonchev–Trinajstić information content (AvgIpc) is 2.29. The lowest BCUT2D eigenvalue weighted by Crippen LogP contribution is -2.32. The van der Waals surface area contributed by atoms with Gasteiger partial charge < -0.3 is 10.1 Å². The molecule has 0 aromatic heterocycles. The number of halogens is 1. The lowest BCUT2D eigenvalue weighted by atomic mass is 9.96. The molecule has 0 aliphatic rings. The molecule has 2 nitrogen and oxygen atoms in total. The lowest BCUT2D eigenvalue weighted by Gasteiger charge is -2.20. The van der Waals surface area contributed by atoms with Gasteiger partial charge in [0.05, 0.1) is 11.6 Å². The van der Waals surface area contributed by atoms with Crippen molar-refractivity contribution in [2.75, 3.05) is 13.7 Å². The summed E-state index contributed by atoms with van der Waals surface area (Å²) >= 11 is 6.17. The molecular weight excluding hydrogens is 234 g/mol. The zero-order valence-corrected chi connectivity index (χ0v) is 11.8. The summed E-state index contributed by atoms with van der Waals surface area (Å²) in [5.41, 5.74) is 1.24. The summed E-state index contributed by atoms with van der Waals surface area (Å²) in [6.45, 7) is 7.04. The van der Waals surface area contributed by atoms with Crippen LogP contribution < -0.4 is 10.1 Å². The predicted molar refractivity (Wildman–Crippen MR) is 74.0 cm³/mol. The van der Waals surface area contributed by atoms with Gasteiger partial charge in [-0.2, -0.15) is 0 Å². The quantitative estimate of drug-likeness (QED) is 0.840. The SMILES string of the molecule is CCOc1ccc(CC(NC)C(C)C)cc1Cl. The van der Waals surface area contributed by atoms with Gasteiger partial charge in [0.2, 0.25) is 0 Å². The summed E-state index contributed by atoms with van der Waals surface area (Å²) in [4.78, 5) is 0. The summed E-state index contributed by atoms with van der Waals surface area (Å²) < 4.78 is 5.42. The smallest absolute Gasteiger partial charge is 0.137 e. The zero-order valence-electron chi connectivity index (χ0n) is 11.1. The highest BCUT2D eigenvalue weighted by Crippen LogP contribution is 2.26. The molecule has 0 heterocycles. The minimum atomic E-state index is 0.476. The molecule has 17 heavy (non-hydrogen) atoms. The topological polar surface area (TPSA) is 21.3 Å². The van der Waals surface area contributed by atoms with Crippen LogP contribution in [0.15, 0.2) is 18.2 Å². The van der Waals surface area contributed by atoms with E-state index >= 15 is 0 Å². The molecule has 1 N–H and O–H groups in total. The van der Waals surface area contributed by atoms with E-state index in [1.807, 2.05) is 26.1 Å². The van der Waals surface area contributed by atoms with Crippen molar-refractivity contribution in [1.29, 1.82) is 0 Å². The summed E-state index contributed by atoms with van der Waals surface area (Å²) in [6, 6.07) is 6.51. The van der Waals surface area contributed by atoms with E-state index in [9.17, 15) is 0 Å². The third-order valence-corrected chi connectivity index (χ3v) is 3.22. The van der Waals surface area contributed by atoms with Crippen molar-refractivity contribution in [2.45, 2.75) is 33.2 Å². The van der Waals surface area contributed by atoms with Gasteiger partial charge in [-0.3, -0.25) is 0 Å². The molecule has 0 saturated heterocycles. The van der Waals surface area contributed by atoms with Crippen molar-refractivity contribution in [3.05, 3.63) is 28.8 Å². The predicted octanol–water partition coefficient (Wildman–Crippen LogP) is 3.53. The monoisotopic (exact) mass is 255 g/mol. The van der Waals surface area contributed by atoms with Gasteiger partial charge in [0.25, 0.3) is 0 Å². The molecule has 0 spiro atoms. The van der Waals surface area contributed by atoms with E-state index in [2.05, 4.69) is 25.2 Å². The van der Waals surface area contributed by atoms with Crippen LogP contribution in [0.1, 0.15) is 26.3 Å². The van der Waals surface area contributed by atoms with Crippen LogP contribution in [0.3, 0.4) is 0 Å². The van der Waals surface area contributed by atoms with Gasteiger partial charge in [-0.25, -0.2) is 0 Å². The molecule has 1 aromatic rings. The highest BCUT2D eigenvalue weighted by molar-refractivity contribution is 6.32. The van der Waals surface area contributed by atoms with E-state index in [0.29, 0.717) is 23.6 Å². The van der Waals surface area contributed by atoms with Crippen molar-refractivity contribution in [3.8, 4) is 5.75 Å². The number of benzene rings is 1. The molecule has 0 saturated carbocycles. The Morgan fingerprint density at radius 1 is 1.35 bits per heavy atom. The molecule has 1 unspecified atom stereocenters. The van der Waals surface area contributed by atoms with Crippen molar-refractivity contribution in [2.24, 2.45) is 5.92 Å². The Hall–Kier alpha value is -0.730. The van der Waals surface area contributed by atoms with E-state index in [1.165, 1.54) is 5.56 Å². The Bertz CT molecular complexity index is 352. The fraction of sp³-hybridized carbons (Fsp3) is 0.571. The number of likely N-dealkylation sites (N-methyl/N-ethyl adjacent to an activating group) is 1. The molecule has 0 fully saturated rings. The lowest BCUT2D eigenvalue weighted by molar-refractivity contribution is 0.340. The Labute approximate surface area is 109 Å². The van der Waals surface area contributed by atoms with Crippen LogP contribution in [0.5, 0.6) is 5.75 Å². The van der Waals surface area contributed by atoms with Gasteiger partial charge in [0.1, 0.15) is 5.75 Å². The molecule has 1 aromatic carbocycles. The number of ether oxygens (including phenoxy) is 1. The van der Waals surface area contributed by atoms with Gasteiger partial charge in [-0.15, -0.1) is 0 Å². The van der Waals surface area contributed by atoms with Gasteiger partial charge in [0.15, 0.2) is 0 Å². The van der Waals surface area contributed by atoms with Crippen LogP contribution in [0.2, 0.25) is 5.02 Å². The first kappa shape index (κ1) is 14.3. The van der Waals surface area contributed by atoms with Crippen molar-refractivity contribution >= 4 is 11.6 Å². The van der Waals surface area contributed by atoms with Gasteiger partial charge in [0, 0.05) is 6.04 Å². The first-order chi connectivity index (χ1) is 8.08. The van der Waals surface area contributed by atoms with Crippen LogP contribution in [0.25, 0.3) is 0 Å². The highest BCUT2D eigenvalue weighted by atomic mass is 35.5. The molecule has 0 amide bonds. The third-order valence-electron chi connectivity index (χ3n) is 2.93. The van der Waals surface area contributed by atoms with Crippen LogP contribution in [0, 0.1) is 5.92 Å². The Kier molecular flexibility index (Phi) is 5.79. The first-order valence-electron chi connectivity index (χ1n) is 6.17. The molecule has 0 aliphatic heterocycles. The molecular formula is C14H22ClNO. The molecule has 96 valence electrons. The second-order valence-corrected chi connectivity index (χ2v) is 4.95. The second kappa shape index (κ2) is 6.87. The van der Waals surface area contributed by atoms with Crippen molar-refractivity contribution < 1.29 is 4.74 Å². The Morgan fingerprint density at radius 3 is 2.53 bits per heavy atom. The molecule has 0 bridgehead atoms. The van der Waals surface area contributed by atoms with E-state index in [0.717, 1.165) is 12.2 Å². The number of nitrogens with one attached hydrogen (secondary N) is 1. The summed E-state index contributed by atoms with van der Waals surface area (Å²) in [5, 5.41) is 4.03. The standard InChI is InChI=1S/C14H22ClNO/c1-5-17-14-7-6-11(8-12(14)15)9-13(16-4)10(2)3/h6-8,10,13,16H,5,9H2,1-4H3. The maximum absolute atomic E-state index is 6.17. The van der Waals surface area contributed by atoms with Gasteiger partial charge in [-0.05, 0) is 44.0 Å². The fourth-order valence-corrected chi connectivity index (χ4v) is 2.13. The maximum atomic E-state index is 6.17. The maximum Gasteiger partial charge on any atom is 0.137 e. The summed E-state index contributed by atoms with van der Waals surface area (Å²) in [5.74, 6) is 1.37. The molecule has 0 aliphatic carbocycles. The van der Waals surface area contributed by atoms with E-state index < -0.39 is 0 Å². The van der Waals surface area contributed by atoms with E-state index in [-0.39, 0.29) is 0 Å². The number of hydrogen-bond donors (Lipinski definition) is 1. The first-order valence-corrected chi connectivity index (χ1v) is 6.54. The Balaban J connectivity index is 2.76. The zero-order chi connectivity index (χ0) is 12.8. The normalized spacial score (nSPS) is 12.8. The molecule has 1 rings (SSSR count). The minimum absolute atomic E-state index is 0.476. The van der Waals surface area contributed by atoms with Crippen LogP contribution in [-0.4, -0.2) is 19.7 Å². The Morgan fingerprint density at radius 2 is 2.06 bits per heavy atom. The molecule has 1 atom stereocenters. The van der Waals surface area contributed by atoms with Crippen LogP contribution in [0.4, 0.5) is 0 Å². The molecule has 0 radical (unpaired) electrons. The van der Waals surface area contributed by atoms with Gasteiger partial charge >= 0.3 is 0 Å². The third kappa shape index (κ3) is 4.21. The highest BCUT2D eigenvalue weighted by Gasteiger charge is 2.12. The van der Waals surface area contributed by atoms with E-state index in [1.54, 1.807) is 0 Å². The summed E-state index contributed by atoms with van der Waals surface area (Å²) in [7, 11) is 2.00. The molecule has 3 heteroatoms. The second-order valence-electron chi connectivity index (χ2n) is 4.54. The minimum Gasteiger partial charge on any atom is -0.492 e. The van der Waals surface area contributed by atoms with Crippen LogP contribution >= 0.6 is 11.6 Å². The van der Waals surface area contributed by atoms with E-state index in [4.69, 9.17) is 16.3 Å². The average molecular weight is 256 g/mol.